The Balaban J connectivity index is 2.39. The summed E-state index contributed by atoms with van der Waals surface area (Å²) in [7, 11) is 1.62. The Hall–Kier alpha value is -2.24. The summed E-state index contributed by atoms with van der Waals surface area (Å²) < 4.78 is 27.1. The summed E-state index contributed by atoms with van der Waals surface area (Å²) in [6, 6.07) is 4.61. The summed E-state index contributed by atoms with van der Waals surface area (Å²) in [5, 5.41) is 5.33. The SMILES string of the molecule is CNc1ncc(F)c(Nc2c(C)cccc2F)n1. The number of para-hydroxylation sites is 1. The molecule has 0 radical (unpaired) electrons. The maximum Gasteiger partial charge on any atom is 0.224 e. The van der Waals surface area contributed by atoms with E-state index in [-0.39, 0.29) is 17.5 Å². The summed E-state index contributed by atoms with van der Waals surface area (Å²) in [6.45, 7) is 1.73. The minimum Gasteiger partial charge on any atom is -0.357 e. The zero-order chi connectivity index (χ0) is 13.1. The Kier molecular flexibility index (Phi) is 3.36. The van der Waals surface area contributed by atoms with Crippen molar-refractivity contribution in [2.75, 3.05) is 17.7 Å². The predicted molar refractivity (Wildman–Crippen MR) is 66.0 cm³/mol. The lowest BCUT2D eigenvalue weighted by atomic mass is 10.2. The van der Waals surface area contributed by atoms with Crippen molar-refractivity contribution >= 4 is 17.5 Å². The topological polar surface area (TPSA) is 49.8 Å². The molecule has 18 heavy (non-hydrogen) atoms. The molecular formula is C12H12F2N4. The van der Waals surface area contributed by atoms with Gasteiger partial charge >= 0.3 is 0 Å². The van der Waals surface area contributed by atoms with Gasteiger partial charge in [0.1, 0.15) is 5.82 Å². The van der Waals surface area contributed by atoms with Gasteiger partial charge in [0.05, 0.1) is 11.9 Å². The molecule has 2 N–H and O–H groups in total. The minimum absolute atomic E-state index is 0.0671. The first-order valence-corrected chi connectivity index (χ1v) is 5.34. The molecule has 2 rings (SSSR count). The van der Waals surface area contributed by atoms with Crippen LogP contribution >= 0.6 is 0 Å². The number of hydrogen-bond donors (Lipinski definition) is 2. The van der Waals surface area contributed by atoms with Gasteiger partial charge in [-0.25, -0.2) is 13.8 Å². The van der Waals surface area contributed by atoms with Crippen molar-refractivity contribution in [2.45, 2.75) is 6.92 Å². The van der Waals surface area contributed by atoms with Crippen LogP contribution in [0, 0.1) is 18.6 Å². The number of anilines is 3. The van der Waals surface area contributed by atoms with E-state index in [0.29, 0.717) is 5.56 Å². The average molecular weight is 250 g/mol. The summed E-state index contributed by atoms with van der Waals surface area (Å²) in [6.07, 6.45) is 1.03. The number of benzene rings is 1. The summed E-state index contributed by atoms with van der Waals surface area (Å²) in [4.78, 5) is 7.61. The molecule has 0 spiro atoms. The number of nitrogens with one attached hydrogen (secondary N) is 2. The van der Waals surface area contributed by atoms with E-state index in [9.17, 15) is 8.78 Å². The van der Waals surface area contributed by atoms with Crippen molar-refractivity contribution in [2.24, 2.45) is 0 Å². The maximum atomic E-state index is 13.6. The number of nitrogens with zero attached hydrogens (tertiary/aromatic N) is 2. The van der Waals surface area contributed by atoms with Crippen LogP contribution in [-0.4, -0.2) is 17.0 Å². The first kappa shape index (κ1) is 12.2. The van der Waals surface area contributed by atoms with Crippen LogP contribution in [0.4, 0.5) is 26.2 Å². The van der Waals surface area contributed by atoms with Gasteiger partial charge in [-0.3, -0.25) is 0 Å². The zero-order valence-corrected chi connectivity index (χ0v) is 9.96. The first-order chi connectivity index (χ1) is 8.61. The lowest BCUT2D eigenvalue weighted by Crippen LogP contribution is -2.05. The summed E-state index contributed by atoms with van der Waals surface area (Å²) >= 11 is 0. The largest absolute Gasteiger partial charge is 0.357 e. The van der Waals surface area contributed by atoms with Crippen molar-refractivity contribution in [1.29, 1.82) is 0 Å². The Morgan fingerprint density at radius 1 is 1.17 bits per heavy atom. The average Bonchev–Trinajstić information content (AvgIpc) is 2.36. The van der Waals surface area contributed by atoms with Crippen LogP contribution in [0.15, 0.2) is 24.4 Å². The smallest absolute Gasteiger partial charge is 0.224 e. The van der Waals surface area contributed by atoms with Gasteiger partial charge in [0.2, 0.25) is 5.95 Å². The van der Waals surface area contributed by atoms with Crippen LogP contribution in [-0.2, 0) is 0 Å². The molecule has 1 heterocycles. The molecule has 6 heteroatoms. The van der Waals surface area contributed by atoms with Crippen molar-refractivity contribution in [3.05, 3.63) is 41.6 Å². The van der Waals surface area contributed by atoms with Crippen LogP contribution in [0.5, 0.6) is 0 Å². The minimum atomic E-state index is -0.642. The third-order valence-corrected chi connectivity index (χ3v) is 2.43. The van der Waals surface area contributed by atoms with E-state index in [1.807, 2.05) is 0 Å². The molecule has 0 atom stereocenters. The van der Waals surface area contributed by atoms with E-state index in [2.05, 4.69) is 20.6 Å². The molecule has 0 aliphatic carbocycles. The number of hydrogen-bond acceptors (Lipinski definition) is 4. The third-order valence-electron chi connectivity index (χ3n) is 2.43. The molecule has 0 amide bonds. The quantitative estimate of drug-likeness (QED) is 0.879. The third kappa shape index (κ3) is 2.37. The second-order valence-corrected chi connectivity index (χ2v) is 3.70. The molecule has 0 saturated carbocycles. The van der Waals surface area contributed by atoms with Crippen LogP contribution < -0.4 is 10.6 Å². The molecular weight excluding hydrogens is 238 g/mol. The number of halogens is 2. The Labute approximate surface area is 103 Å². The van der Waals surface area contributed by atoms with E-state index in [1.165, 1.54) is 6.07 Å². The number of aromatic nitrogens is 2. The molecule has 0 fully saturated rings. The molecule has 0 unspecified atom stereocenters. The highest BCUT2D eigenvalue weighted by Crippen LogP contribution is 2.24. The number of aryl methyl sites for hydroxylation is 1. The molecule has 2 aromatic rings. The highest BCUT2D eigenvalue weighted by atomic mass is 19.1. The van der Waals surface area contributed by atoms with Crippen LogP contribution in [0.25, 0.3) is 0 Å². The van der Waals surface area contributed by atoms with E-state index < -0.39 is 11.6 Å². The van der Waals surface area contributed by atoms with Gasteiger partial charge in [-0.05, 0) is 18.6 Å². The lowest BCUT2D eigenvalue weighted by Gasteiger charge is -2.11. The van der Waals surface area contributed by atoms with E-state index in [1.54, 1.807) is 26.1 Å². The highest BCUT2D eigenvalue weighted by Gasteiger charge is 2.11. The summed E-state index contributed by atoms with van der Waals surface area (Å²) in [5.41, 5.74) is 0.871. The number of rotatable bonds is 3. The normalized spacial score (nSPS) is 10.2. The van der Waals surface area contributed by atoms with Crippen LogP contribution in [0.2, 0.25) is 0 Å². The predicted octanol–water partition coefficient (Wildman–Crippen LogP) is 2.85. The van der Waals surface area contributed by atoms with E-state index in [0.717, 1.165) is 6.20 Å². The van der Waals surface area contributed by atoms with Gasteiger partial charge < -0.3 is 10.6 Å². The van der Waals surface area contributed by atoms with Crippen molar-refractivity contribution in [1.82, 2.24) is 9.97 Å². The Morgan fingerprint density at radius 3 is 2.61 bits per heavy atom. The van der Waals surface area contributed by atoms with Crippen LogP contribution in [0.3, 0.4) is 0 Å². The molecule has 4 nitrogen and oxygen atoms in total. The molecule has 0 saturated heterocycles. The second-order valence-electron chi connectivity index (χ2n) is 3.70. The highest BCUT2D eigenvalue weighted by molar-refractivity contribution is 5.61. The van der Waals surface area contributed by atoms with Gasteiger partial charge in [-0.2, -0.15) is 4.98 Å². The van der Waals surface area contributed by atoms with Gasteiger partial charge in [-0.1, -0.05) is 12.1 Å². The Morgan fingerprint density at radius 2 is 1.94 bits per heavy atom. The fourth-order valence-electron chi connectivity index (χ4n) is 1.48. The first-order valence-electron chi connectivity index (χ1n) is 5.34. The molecule has 0 aliphatic heterocycles. The Bertz CT molecular complexity index is 552. The zero-order valence-electron chi connectivity index (χ0n) is 9.96. The maximum absolute atomic E-state index is 13.6. The van der Waals surface area contributed by atoms with E-state index >= 15 is 0 Å². The monoisotopic (exact) mass is 250 g/mol. The van der Waals surface area contributed by atoms with Crippen LogP contribution in [0.1, 0.15) is 5.56 Å². The molecule has 1 aromatic carbocycles. The van der Waals surface area contributed by atoms with Gasteiger partial charge in [0.25, 0.3) is 0 Å². The van der Waals surface area contributed by atoms with Crippen molar-refractivity contribution in [3.8, 4) is 0 Å². The molecule has 1 aromatic heterocycles. The van der Waals surface area contributed by atoms with E-state index in [4.69, 9.17) is 0 Å². The summed E-state index contributed by atoms with van der Waals surface area (Å²) in [5.74, 6) is -0.911. The second kappa shape index (κ2) is 4.95. The standard InChI is InChI=1S/C12H12F2N4/c1-7-4-3-5-8(13)10(7)17-11-9(14)6-16-12(15-2)18-11/h3-6H,1-2H3,(H2,15,16,17,18). The van der Waals surface area contributed by atoms with Crippen molar-refractivity contribution < 1.29 is 8.78 Å². The molecule has 0 aliphatic rings. The fraction of sp³-hybridized carbons (Fsp3) is 0.167. The van der Waals surface area contributed by atoms with Crippen molar-refractivity contribution in [3.63, 3.8) is 0 Å². The van der Waals surface area contributed by atoms with Gasteiger partial charge in [0.15, 0.2) is 11.6 Å². The molecule has 94 valence electrons. The van der Waals surface area contributed by atoms with Gasteiger partial charge in [0, 0.05) is 7.05 Å². The molecule has 0 bridgehead atoms. The fourth-order valence-corrected chi connectivity index (χ4v) is 1.48. The van der Waals surface area contributed by atoms with Gasteiger partial charge in [-0.15, -0.1) is 0 Å². The lowest BCUT2D eigenvalue weighted by molar-refractivity contribution is 0.616.